The number of ether oxygens (including phenoxy) is 2. The number of fused-ring (bicyclic) bond motifs is 1. The van der Waals surface area contributed by atoms with Crippen molar-refractivity contribution >= 4 is 104 Å². The molecule has 534 valence electrons. The second-order valence-electron chi connectivity index (χ2n) is 25.2. The number of alkyl halides is 1. The molecule has 0 radical (unpaired) electrons. The summed E-state index contributed by atoms with van der Waals surface area (Å²) >= 11 is 12.9. The van der Waals surface area contributed by atoms with E-state index >= 15 is 0 Å². The quantitative estimate of drug-likeness (QED) is 0.0236. The standard InChI is InChI=1S/C12H10O2.C11H13ClO.C11H12OS.C11H14O.C10H12O.C9H10O.C6H11ClO.C6H10O.C5H8O2.C3H6O/c1-9(13)14-12-7-6-10-4-2-3-5-11(10)8-12;1-8(13)11(2,3)9-4-6-10(12)7-5-9;1-3-8-13-11-7-5-4-6-10(11)9(2)12;1-7-5-11(10(4)12)6-8(2)9(7)3;1-7-5-4-6-8(2)10(7)9(3)11;1-7-4-3-5-9(6-7)8(2)10;1-5(8)6(2,3)4-7;1-5(7)6(2)3-4-6;1-3-4-7-5(2)6;1-3(2)4/h2-8H,1H3;4-7H,1-3H3;3-7H,1,8H2,2H3;5-6H,1-4H3;4-6H,1-3H3;3-6H,1-2H3;4H2,1-3H3;3-4H2,1-2H3;3H,1,4H2,2H3;1-2H3. The highest BCUT2D eigenvalue weighted by Gasteiger charge is 2.41. The zero-order valence-electron chi connectivity index (χ0n) is 62.5. The van der Waals surface area contributed by atoms with Crippen molar-refractivity contribution in [2.75, 3.05) is 18.2 Å². The highest BCUT2D eigenvalue weighted by molar-refractivity contribution is 7.99. The summed E-state index contributed by atoms with van der Waals surface area (Å²) in [5.41, 5.74) is 10.6. The van der Waals surface area contributed by atoms with E-state index in [-0.39, 0.29) is 63.3 Å². The maximum Gasteiger partial charge on any atom is 0.308 e. The summed E-state index contributed by atoms with van der Waals surface area (Å²) in [5.74, 6) is 2.65. The van der Waals surface area contributed by atoms with Crippen LogP contribution in [-0.4, -0.2) is 76.4 Å². The Morgan fingerprint density at radius 3 is 1.37 bits per heavy atom. The van der Waals surface area contributed by atoms with Crippen LogP contribution in [0.4, 0.5) is 0 Å². The topological polar surface area (TPSA) is 189 Å². The highest BCUT2D eigenvalue weighted by Crippen LogP contribution is 2.45. The van der Waals surface area contributed by atoms with Crippen LogP contribution in [0.15, 0.2) is 176 Å². The first-order chi connectivity index (χ1) is 46.0. The number of benzene rings is 7. The molecule has 8 rings (SSSR count). The number of esters is 2. The van der Waals surface area contributed by atoms with Crippen molar-refractivity contribution in [3.05, 3.63) is 237 Å². The van der Waals surface area contributed by atoms with Crippen LogP contribution in [0, 0.1) is 52.4 Å². The first-order valence-electron chi connectivity index (χ1n) is 32.3. The van der Waals surface area contributed by atoms with Crippen molar-refractivity contribution in [3.63, 3.8) is 0 Å². The Morgan fingerprint density at radius 2 is 1.02 bits per heavy atom. The van der Waals surface area contributed by atoms with Gasteiger partial charge in [-0.15, -0.1) is 29.9 Å². The van der Waals surface area contributed by atoms with E-state index < -0.39 is 5.41 Å². The molecule has 0 N–H and O–H groups in total. The van der Waals surface area contributed by atoms with Crippen molar-refractivity contribution in [1.82, 2.24) is 0 Å². The molecule has 0 aliphatic heterocycles. The minimum atomic E-state index is -0.412. The molecule has 15 heteroatoms. The Morgan fingerprint density at radius 1 is 0.525 bits per heavy atom. The van der Waals surface area contributed by atoms with E-state index in [1.807, 2.05) is 215 Å². The van der Waals surface area contributed by atoms with E-state index in [0.717, 1.165) is 78.8 Å². The molecule has 1 saturated carbocycles. The third kappa shape index (κ3) is 39.0. The van der Waals surface area contributed by atoms with E-state index in [2.05, 4.69) is 24.8 Å². The van der Waals surface area contributed by atoms with Crippen molar-refractivity contribution in [3.8, 4) is 5.75 Å². The number of rotatable bonds is 15. The van der Waals surface area contributed by atoms with E-state index in [1.54, 1.807) is 66.3 Å². The monoisotopic (exact) mass is 1410 g/mol. The third-order valence-electron chi connectivity index (χ3n) is 15.2. The molecule has 1 aliphatic rings. The fraction of sp³-hybridized carbons (Fsp3) is 0.357. The Balaban J connectivity index is 0. The first-order valence-corrected chi connectivity index (χ1v) is 34.2. The number of aryl methyl sites for hydroxylation is 5. The molecule has 1 fully saturated rings. The van der Waals surface area contributed by atoms with Crippen molar-refractivity contribution in [2.45, 2.75) is 175 Å². The Kier molecular flexibility index (Phi) is 44.4. The molecule has 7 aromatic rings. The van der Waals surface area contributed by atoms with Gasteiger partial charge in [0, 0.05) is 73.9 Å². The molecular formula is C84H106Cl2O12S. The second kappa shape index (κ2) is 47.5. The molecule has 0 saturated heterocycles. The number of hydrogen-bond donors (Lipinski definition) is 0. The Bertz CT molecular complexity index is 3790. The van der Waals surface area contributed by atoms with Crippen molar-refractivity contribution in [1.29, 1.82) is 0 Å². The average molecular weight is 1410 g/mol. The smallest absolute Gasteiger partial charge is 0.308 e. The lowest BCUT2D eigenvalue weighted by Gasteiger charge is -2.21. The largest absolute Gasteiger partial charge is 0.462 e. The summed E-state index contributed by atoms with van der Waals surface area (Å²) in [6.45, 7) is 45.9. The zero-order chi connectivity index (χ0) is 76.6. The minimum absolute atomic E-state index is 0.111. The normalized spacial score (nSPS) is 10.9. The fourth-order valence-electron chi connectivity index (χ4n) is 7.78. The van der Waals surface area contributed by atoms with E-state index in [1.165, 1.54) is 50.5 Å². The lowest BCUT2D eigenvalue weighted by molar-refractivity contribution is -0.139. The second-order valence-corrected chi connectivity index (χ2v) is 26.9. The molecular weight excluding hydrogens is 1300 g/mol. The third-order valence-corrected chi connectivity index (χ3v) is 17.2. The van der Waals surface area contributed by atoms with Gasteiger partial charge in [-0.05, 0) is 223 Å². The minimum Gasteiger partial charge on any atom is -0.462 e. The summed E-state index contributed by atoms with van der Waals surface area (Å²) in [6, 6.07) is 46.0. The molecule has 0 aromatic heterocycles. The van der Waals surface area contributed by atoms with E-state index in [0.29, 0.717) is 29.0 Å². The van der Waals surface area contributed by atoms with Crippen LogP contribution in [0.1, 0.15) is 204 Å². The molecule has 0 spiro atoms. The van der Waals surface area contributed by atoms with Gasteiger partial charge in [-0.3, -0.25) is 43.2 Å². The summed E-state index contributed by atoms with van der Waals surface area (Å²) in [4.78, 5) is 108. The van der Waals surface area contributed by atoms with Crippen LogP contribution in [0.5, 0.6) is 5.75 Å². The number of hydrogen-bond acceptors (Lipinski definition) is 13. The predicted octanol–water partition coefficient (Wildman–Crippen LogP) is 21.2. The predicted molar refractivity (Wildman–Crippen MR) is 412 cm³/mol. The summed E-state index contributed by atoms with van der Waals surface area (Å²) in [5, 5.41) is 2.91. The number of carbonyl (C=O) groups is 10. The van der Waals surface area contributed by atoms with Gasteiger partial charge in [0.25, 0.3) is 0 Å². The van der Waals surface area contributed by atoms with Crippen LogP contribution >= 0.6 is 35.0 Å². The molecule has 7 aromatic carbocycles. The number of thioether (sulfide) groups is 1. The van der Waals surface area contributed by atoms with Gasteiger partial charge >= 0.3 is 11.9 Å². The first kappa shape index (κ1) is 92.6. The van der Waals surface area contributed by atoms with E-state index in [9.17, 15) is 47.9 Å². The maximum absolute atomic E-state index is 11.3. The molecule has 0 unspecified atom stereocenters. The summed E-state index contributed by atoms with van der Waals surface area (Å²) in [6.07, 6.45) is 5.59. The van der Waals surface area contributed by atoms with Crippen LogP contribution < -0.4 is 4.74 Å². The van der Waals surface area contributed by atoms with Crippen molar-refractivity contribution < 1.29 is 57.4 Å². The zero-order valence-corrected chi connectivity index (χ0v) is 64.9. The lowest BCUT2D eigenvalue weighted by atomic mass is 9.81. The lowest BCUT2D eigenvalue weighted by Crippen LogP contribution is -2.26. The number of carbonyl (C=O) groups excluding carboxylic acids is 10. The van der Waals surface area contributed by atoms with Crippen LogP contribution in [0.25, 0.3) is 10.8 Å². The Labute approximate surface area is 605 Å². The Hall–Kier alpha value is -8.49. The molecule has 0 atom stereocenters. The summed E-state index contributed by atoms with van der Waals surface area (Å²) < 4.78 is 9.42. The number of halogens is 2. The molecule has 0 amide bonds. The van der Waals surface area contributed by atoms with Gasteiger partial charge in [0.2, 0.25) is 0 Å². The SMILES string of the molecule is C=CCOC(C)=O.C=CCSc1ccccc1C(C)=O.CC(=O)C(C)(C)CCl.CC(=O)C(C)(C)c1ccc(Cl)cc1.CC(=O)C1(C)CC1.CC(=O)Oc1ccc2ccccc2c1.CC(=O)c1c(C)cccc1C.CC(=O)c1cc(C)c(C)c(C)c1.CC(=O)c1cccc(C)c1.CC(C)=O. The molecule has 1 aliphatic carbocycles. The van der Waals surface area contributed by atoms with Gasteiger partial charge < -0.3 is 14.3 Å². The van der Waals surface area contributed by atoms with Gasteiger partial charge in [-0.1, -0.05) is 154 Å². The number of ketones is 8. The maximum atomic E-state index is 11.3. The van der Waals surface area contributed by atoms with Gasteiger partial charge in [-0.2, -0.15) is 0 Å². The van der Waals surface area contributed by atoms with Gasteiger partial charge in [0.15, 0.2) is 23.1 Å². The fourth-order valence-corrected chi connectivity index (χ4v) is 8.94. The molecule has 99 heavy (non-hydrogen) atoms. The molecule has 12 nitrogen and oxygen atoms in total. The van der Waals surface area contributed by atoms with E-state index in [4.69, 9.17) is 27.9 Å². The van der Waals surface area contributed by atoms with Crippen LogP contribution in [-0.2, 0) is 38.9 Å². The molecule has 0 heterocycles. The van der Waals surface area contributed by atoms with Crippen molar-refractivity contribution in [2.24, 2.45) is 10.8 Å². The van der Waals surface area contributed by atoms with Gasteiger partial charge in [0.1, 0.15) is 35.5 Å². The van der Waals surface area contributed by atoms with Crippen LogP contribution in [0.3, 0.4) is 0 Å². The highest BCUT2D eigenvalue weighted by atomic mass is 35.5. The van der Waals surface area contributed by atoms with Crippen LogP contribution in [0.2, 0.25) is 5.02 Å². The van der Waals surface area contributed by atoms with Gasteiger partial charge in [0.05, 0.1) is 0 Å². The molecule has 0 bridgehead atoms. The number of Topliss-reactive ketones (excluding diaryl/α,β-unsaturated/α-hetero) is 8. The van der Waals surface area contributed by atoms with Gasteiger partial charge in [-0.25, -0.2) is 0 Å². The summed E-state index contributed by atoms with van der Waals surface area (Å²) in [7, 11) is 0. The average Bonchev–Trinajstić information content (AvgIpc) is 1.69.